The number of alkyl halides is 3. The lowest BCUT2D eigenvalue weighted by atomic mass is 9.97. The minimum Gasteiger partial charge on any atom is -0.445 e. The van der Waals surface area contributed by atoms with Crippen molar-refractivity contribution in [3.8, 4) is 0 Å². The Bertz CT molecular complexity index is 1280. The number of benzene rings is 3. The Morgan fingerprint density at radius 3 is 1.63 bits per heavy atom. The van der Waals surface area contributed by atoms with Crippen LogP contribution in [0.5, 0.6) is 0 Å². The summed E-state index contributed by atoms with van der Waals surface area (Å²) in [7, 11) is 0. The summed E-state index contributed by atoms with van der Waals surface area (Å²) in [5.41, 5.74) is 11.8. The summed E-state index contributed by atoms with van der Waals surface area (Å²) < 4.78 is 29.0. The molecule has 216 valence electrons. The van der Waals surface area contributed by atoms with Gasteiger partial charge in [0.25, 0.3) is 3.79 Å². The summed E-state index contributed by atoms with van der Waals surface area (Å²) in [6.45, 7) is 0.513. The van der Waals surface area contributed by atoms with E-state index in [1.54, 1.807) is 0 Å². The van der Waals surface area contributed by atoms with Gasteiger partial charge < -0.3 is 23.7 Å². The Morgan fingerprint density at radius 2 is 1.20 bits per heavy atom. The van der Waals surface area contributed by atoms with Crippen LogP contribution in [0.25, 0.3) is 10.4 Å². The van der Waals surface area contributed by atoms with E-state index in [-0.39, 0.29) is 26.4 Å². The van der Waals surface area contributed by atoms with E-state index < -0.39 is 40.4 Å². The molecule has 1 saturated heterocycles. The van der Waals surface area contributed by atoms with E-state index in [1.165, 1.54) is 0 Å². The third kappa shape index (κ3) is 9.33. The van der Waals surface area contributed by atoms with Gasteiger partial charge in [0.1, 0.15) is 18.3 Å². The second kappa shape index (κ2) is 15.4. The van der Waals surface area contributed by atoms with Gasteiger partial charge in [-0.15, -0.1) is 0 Å². The number of ether oxygens (including phenoxy) is 5. The largest absolute Gasteiger partial charge is 0.445 e. The monoisotopic (exact) mass is 618 g/mol. The maximum atomic E-state index is 9.08. The van der Waals surface area contributed by atoms with Gasteiger partial charge in [-0.3, -0.25) is 5.41 Å². The van der Waals surface area contributed by atoms with Crippen molar-refractivity contribution < 1.29 is 23.7 Å². The molecule has 1 fully saturated rings. The lowest BCUT2D eigenvalue weighted by molar-refractivity contribution is -0.305. The number of hydrogen-bond acceptors (Lipinski definition) is 7. The van der Waals surface area contributed by atoms with Crippen LogP contribution >= 0.6 is 34.8 Å². The molecule has 1 N–H and O–H groups in total. The molecule has 41 heavy (non-hydrogen) atoms. The van der Waals surface area contributed by atoms with Gasteiger partial charge in [-0.1, -0.05) is 131 Å². The quantitative estimate of drug-likeness (QED) is 0.0577. The number of azide groups is 1. The van der Waals surface area contributed by atoms with Crippen LogP contribution in [-0.4, -0.2) is 46.9 Å². The van der Waals surface area contributed by atoms with Gasteiger partial charge in [-0.2, -0.15) is 0 Å². The molecule has 4 rings (SSSR count). The topological polar surface area (TPSA) is 119 Å². The second-order valence-electron chi connectivity index (χ2n) is 9.18. The zero-order valence-corrected chi connectivity index (χ0v) is 24.2. The van der Waals surface area contributed by atoms with Crippen molar-refractivity contribution in [3.63, 3.8) is 0 Å². The van der Waals surface area contributed by atoms with Gasteiger partial charge in [-0.05, 0) is 22.2 Å². The fourth-order valence-corrected chi connectivity index (χ4v) is 4.42. The van der Waals surface area contributed by atoms with E-state index in [0.717, 1.165) is 16.7 Å². The molecule has 0 aromatic heterocycles. The Morgan fingerprint density at radius 1 is 0.756 bits per heavy atom. The van der Waals surface area contributed by atoms with Crippen molar-refractivity contribution >= 4 is 40.7 Å². The maximum absolute atomic E-state index is 9.08. The SMILES string of the molecule is [N-]=[N+]=NCC1O[C@H](OC(=N)C(Cl)(Cl)Cl)C(OCc2ccccc2)[C@H](OCc2ccccc2)[C@@H]1OCc1ccccc1. The molecule has 0 radical (unpaired) electrons. The molecule has 3 aromatic carbocycles. The number of rotatable bonds is 12. The fraction of sp³-hybridized carbons (Fsp3) is 0.345. The molecule has 1 aliphatic rings. The first-order valence-electron chi connectivity index (χ1n) is 12.8. The molecule has 0 bridgehead atoms. The van der Waals surface area contributed by atoms with Gasteiger partial charge in [0.15, 0.2) is 0 Å². The summed E-state index contributed by atoms with van der Waals surface area (Å²) >= 11 is 17.8. The van der Waals surface area contributed by atoms with Crippen molar-refractivity contribution in [3.05, 3.63) is 118 Å². The molecule has 0 amide bonds. The number of nitrogens with zero attached hydrogens (tertiary/aromatic N) is 3. The molecule has 12 heteroatoms. The Labute approximate surface area is 253 Å². The molecule has 5 atom stereocenters. The van der Waals surface area contributed by atoms with Crippen LogP contribution < -0.4 is 0 Å². The molecular weight excluding hydrogens is 591 g/mol. The molecule has 2 unspecified atom stereocenters. The standard InChI is InChI=1S/C29H29Cl3N4O5/c30-29(31,32)28(33)41-27-26(39-19-22-14-8-3-9-15-22)25(38-18-21-12-6-2-7-13-21)24(23(40-27)16-35-36-34)37-17-20-10-4-1-5-11-20/h1-15,23-27,33H,16-19H2/t23?,24-,25-,26?,27-/m1/s1. The molecule has 0 saturated carbocycles. The predicted molar refractivity (Wildman–Crippen MR) is 157 cm³/mol. The summed E-state index contributed by atoms with van der Waals surface area (Å²) in [5, 5.41) is 11.9. The van der Waals surface area contributed by atoms with Crippen molar-refractivity contribution in [1.29, 1.82) is 5.41 Å². The summed E-state index contributed by atoms with van der Waals surface area (Å²) in [4.78, 5) is 2.89. The average molecular weight is 620 g/mol. The molecule has 3 aromatic rings. The van der Waals surface area contributed by atoms with Crippen LogP contribution in [0.3, 0.4) is 0 Å². The average Bonchev–Trinajstić information content (AvgIpc) is 2.98. The van der Waals surface area contributed by atoms with Gasteiger partial charge >= 0.3 is 0 Å². The van der Waals surface area contributed by atoms with Crippen LogP contribution in [0.4, 0.5) is 0 Å². The number of nitrogens with one attached hydrogen (secondary N) is 1. The summed E-state index contributed by atoms with van der Waals surface area (Å²) in [6.07, 6.45) is -4.58. The minimum atomic E-state index is -2.14. The Kier molecular flexibility index (Phi) is 11.7. The van der Waals surface area contributed by atoms with Crippen LogP contribution in [0, 0.1) is 5.41 Å². The first-order valence-corrected chi connectivity index (χ1v) is 13.9. The third-order valence-corrected chi connectivity index (χ3v) is 6.78. The molecule has 0 spiro atoms. The van der Waals surface area contributed by atoms with Crippen molar-refractivity contribution in [2.24, 2.45) is 5.11 Å². The highest BCUT2D eigenvalue weighted by atomic mass is 35.6. The van der Waals surface area contributed by atoms with Crippen molar-refractivity contribution in [1.82, 2.24) is 0 Å². The second-order valence-corrected chi connectivity index (χ2v) is 11.5. The maximum Gasteiger partial charge on any atom is 0.265 e. The van der Waals surface area contributed by atoms with Crippen molar-refractivity contribution in [2.45, 2.75) is 54.3 Å². The highest BCUT2D eigenvalue weighted by molar-refractivity contribution is 6.76. The summed E-state index contributed by atoms with van der Waals surface area (Å²) in [5.74, 6) is -0.659. The molecule has 0 aliphatic carbocycles. The van der Waals surface area contributed by atoms with Gasteiger partial charge in [0.05, 0.1) is 32.5 Å². The first-order chi connectivity index (χ1) is 19.8. The zero-order valence-electron chi connectivity index (χ0n) is 21.9. The zero-order chi connectivity index (χ0) is 29.1. The first kappa shape index (κ1) is 31.1. The van der Waals surface area contributed by atoms with E-state index in [1.807, 2.05) is 91.0 Å². The fourth-order valence-electron chi connectivity index (χ4n) is 4.29. The van der Waals surface area contributed by atoms with Crippen molar-refractivity contribution in [2.75, 3.05) is 6.54 Å². The highest BCUT2D eigenvalue weighted by Crippen LogP contribution is 2.34. The van der Waals surface area contributed by atoms with E-state index in [2.05, 4.69) is 10.0 Å². The predicted octanol–water partition coefficient (Wildman–Crippen LogP) is 7.14. The Hall–Kier alpha value is -2.85. The van der Waals surface area contributed by atoms with Crippen LogP contribution in [0.2, 0.25) is 0 Å². The van der Waals surface area contributed by atoms with E-state index in [0.29, 0.717) is 0 Å². The Balaban J connectivity index is 1.68. The van der Waals surface area contributed by atoms with E-state index in [4.69, 9.17) is 69.4 Å². The normalized spacial score (nSPS) is 22.5. The van der Waals surface area contributed by atoms with Gasteiger partial charge in [-0.25, -0.2) is 0 Å². The molecular formula is C29H29Cl3N4O5. The molecule has 9 nitrogen and oxygen atoms in total. The number of hydrogen-bond donors (Lipinski definition) is 1. The van der Waals surface area contributed by atoms with Gasteiger partial charge in [0.2, 0.25) is 12.2 Å². The highest BCUT2D eigenvalue weighted by Gasteiger charge is 2.50. The smallest absolute Gasteiger partial charge is 0.265 e. The summed E-state index contributed by atoms with van der Waals surface area (Å²) in [6, 6.07) is 28.7. The van der Waals surface area contributed by atoms with Gasteiger partial charge in [0, 0.05) is 4.91 Å². The van der Waals surface area contributed by atoms with Crippen LogP contribution in [0.1, 0.15) is 16.7 Å². The lowest BCUT2D eigenvalue weighted by Crippen LogP contribution is -2.62. The third-order valence-electron chi connectivity index (χ3n) is 6.26. The lowest BCUT2D eigenvalue weighted by Gasteiger charge is -2.45. The van der Waals surface area contributed by atoms with E-state index in [9.17, 15) is 0 Å². The van der Waals surface area contributed by atoms with Crippen LogP contribution in [0.15, 0.2) is 96.1 Å². The molecule has 1 aliphatic heterocycles. The minimum absolute atomic E-state index is 0.104. The van der Waals surface area contributed by atoms with Crippen LogP contribution in [-0.2, 0) is 43.5 Å². The van der Waals surface area contributed by atoms with E-state index >= 15 is 0 Å². The molecule has 1 heterocycles. The number of halogens is 3.